The van der Waals surface area contributed by atoms with Gasteiger partial charge < -0.3 is 19.1 Å². The quantitative estimate of drug-likeness (QED) is 0.158. The van der Waals surface area contributed by atoms with Gasteiger partial charge in [0.15, 0.2) is 0 Å². The maximum absolute atomic E-state index is 12.8. The summed E-state index contributed by atoms with van der Waals surface area (Å²) in [5, 5.41) is 10.2. The lowest BCUT2D eigenvalue weighted by Gasteiger charge is -2.18. The third kappa shape index (κ3) is 7.99. The number of rotatable bonds is 10. The van der Waals surface area contributed by atoms with Crippen LogP contribution in [0.25, 0.3) is 16.8 Å². The van der Waals surface area contributed by atoms with Crippen LogP contribution in [0.1, 0.15) is 39.3 Å². The average molecular weight is 692 g/mol. The number of benzene rings is 4. The normalized spacial score (nSPS) is 14.5. The van der Waals surface area contributed by atoms with Crippen LogP contribution in [-0.4, -0.2) is 26.7 Å². The van der Waals surface area contributed by atoms with E-state index in [2.05, 4.69) is 6.08 Å². The molecule has 5 aromatic rings. The third-order valence-corrected chi connectivity index (χ3v) is 8.26. The summed E-state index contributed by atoms with van der Waals surface area (Å²) in [5.74, 6) is 0.504. The van der Waals surface area contributed by atoms with Crippen LogP contribution in [0.4, 0.5) is 13.2 Å². The van der Waals surface area contributed by atoms with Gasteiger partial charge in [-0.15, -0.1) is 0 Å². The Bertz CT molecular complexity index is 1990. The molecule has 1 aliphatic rings. The van der Waals surface area contributed by atoms with Gasteiger partial charge in [0.25, 0.3) is 0 Å². The van der Waals surface area contributed by atoms with Gasteiger partial charge >= 0.3 is 12.1 Å². The first-order chi connectivity index (χ1) is 23.0. The maximum Gasteiger partial charge on any atom is 0.416 e. The van der Waals surface area contributed by atoms with E-state index in [1.807, 2.05) is 41.1 Å². The molecule has 6 rings (SSSR count). The third-order valence-electron chi connectivity index (χ3n) is 7.71. The fourth-order valence-electron chi connectivity index (χ4n) is 5.17. The van der Waals surface area contributed by atoms with Crippen molar-refractivity contribution < 1.29 is 32.5 Å². The molecule has 0 saturated carbocycles. The summed E-state index contributed by atoms with van der Waals surface area (Å²) in [6.45, 7) is 0.659. The number of allylic oxidation sites excluding steroid dienone is 2. The minimum Gasteiger partial charge on any atom is -0.478 e. The molecule has 1 atom stereocenters. The van der Waals surface area contributed by atoms with Gasteiger partial charge in [0.2, 0.25) is 0 Å². The van der Waals surface area contributed by atoms with E-state index >= 15 is 0 Å². The van der Waals surface area contributed by atoms with E-state index in [4.69, 9.17) is 37.7 Å². The fourth-order valence-corrected chi connectivity index (χ4v) is 5.67. The highest BCUT2D eigenvalue weighted by molar-refractivity contribution is 6.36. The van der Waals surface area contributed by atoms with Crippen molar-refractivity contribution in [2.45, 2.75) is 31.9 Å². The fraction of sp³-hybridized carbons (Fsp3) is 0.135. The molecule has 11 heteroatoms. The van der Waals surface area contributed by atoms with E-state index in [9.17, 15) is 23.1 Å². The number of nitrogens with zero attached hydrogens (tertiary/aromatic N) is 2. The number of carboxylic acids is 1. The predicted octanol–water partition coefficient (Wildman–Crippen LogP) is 10.3. The van der Waals surface area contributed by atoms with Crippen molar-refractivity contribution in [3.8, 4) is 22.8 Å². The molecular formula is C37H27Cl2F3N2O4. The summed E-state index contributed by atoms with van der Waals surface area (Å²) in [6.07, 6.45) is 3.96. The molecule has 0 saturated heterocycles. The Kier molecular flexibility index (Phi) is 9.73. The van der Waals surface area contributed by atoms with E-state index in [0.717, 1.165) is 34.4 Å². The molecular weight excluding hydrogens is 664 g/mol. The molecule has 0 spiro atoms. The lowest BCUT2D eigenvalue weighted by Crippen LogP contribution is -2.14. The van der Waals surface area contributed by atoms with Gasteiger partial charge in [-0.2, -0.15) is 13.2 Å². The number of ether oxygens (including phenoxy) is 2. The van der Waals surface area contributed by atoms with Crippen LogP contribution in [0.15, 0.2) is 115 Å². The summed E-state index contributed by atoms with van der Waals surface area (Å²) in [7, 11) is 0. The SMILES string of the molecule is O=C(O)c1ccc(Cn2cc(-c3ccc(Cl)cc3Cl)nc2COC2C=CC(c3ccc(Oc4ccc(C(F)(F)F)cc4)cc3)=CC2)cc1. The zero-order valence-electron chi connectivity index (χ0n) is 25.1. The molecule has 4 aromatic carbocycles. The molecule has 0 fully saturated rings. The molecule has 1 unspecified atom stereocenters. The number of aromatic carboxylic acids is 1. The van der Waals surface area contributed by atoms with Gasteiger partial charge in [-0.1, -0.05) is 65.7 Å². The topological polar surface area (TPSA) is 73.6 Å². The first kappa shape index (κ1) is 33.1. The summed E-state index contributed by atoms with van der Waals surface area (Å²) in [5.41, 5.74) is 3.72. The van der Waals surface area contributed by atoms with Crippen molar-refractivity contribution in [1.29, 1.82) is 0 Å². The largest absolute Gasteiger partial charge is 0.478 e. The van der Waals surface area contributed by atoms with Crippen LogP contribution in [0.3, 0.4) is 0 Å². The highest BCUT2D eigenvalue weighted by Gasteiger charge is 2.30. The van der Waals surface area contributed by atoms with Crippen molar-refractivity contribution in [3.05, 3.63) is 154 Å². The van der Waals surface area contributed by atoms with Gasteiger partial charge in [0, 0.05) is 23.3 Å². The Morgan fingerprint density at radius 2 is 1.62 bits per heavy atom. The summed E-state index contributed by atoms with van der Waals surface area (Å²) >= 11 is 12.6. The Morgan fingerprint density at radius 1 is 0.938 bits per heavy atom. The summed E-state index contributed by atoms with van der Waals surface area (Å²) in [6, 6.07) is 23.8. The lowest BCUT2D eigenvalue weighted by molar-refractivity contribution is -0.137. The molecule has 1 heterocycles. The number of aromatic nitrogens is 2. The summed E-state index contributed by atoms with van der Waals surface area (Å²) < 4.78 is 52.4. The Labute approximate surface area is 284 Å². The number of hydrogen-bond acceptors (Lipinski definition) is 4. The molecule has 6 nitrogen and oxygen atoms in total. The Balaban J connectivity index is 1.11. The molecule has 0 aliphatic heterocycles. The lowest BCUT2D eigenvalue weighted by atomic mass is 9.98. The van der Waals surface area contributed by atoms with Gasteiger partial charge in [0.05, 0.1) is 27.9 Å². The minimum atomic E-state index is -4.40. The number of alkyl halides is 3. The smallest absolute Gasteiger partial charge is 0.416 e. The zero-order chi connectivity index (χ0) is 33.8. The van der Waals surface area contributed by atoms with Gasteiger partial charge in [0.1, 0.15) is 23.9 Å². The summed E-state index contributed by atoms with van der Waals surface area (Å²) in [4.78, 5) is 16.1. The molecule has 48 heavy (non-hydrogen) atoms. The van der Waals surface area contributed by atoms with E-state index in [0.29, 0.717) is 46.0 Å². The number of carbonyl (C=O) groups is 1. The number of hydrogen-bond donors (Lipinski definition) is 1. The monoisotopic (exact) mass is 690 g/mol. The van der Waals surface area contributed by atoms with E-state index in [1.54, 1.807) is 48.5 Å². The van der Waals surface area contributed by atoms with Gasteiger partial charge in [-0.05, 0) is 89.9 Å². The molecule has 1 aromatic heterocycles. The Hall–Kier alpha value is -4.83. The second-order valence-corrected chi connectivity index (χ2v) is 11.9. The van der Waals surface area contributed by atoms with Gasteiger partial charge in [-0.25, -0.2) is 9.78 Å². The standard InChI is InChI=1S/C37H27Cl2F3N2O4/c38-28-11-18-32(33(39)19-28)34-21-44(20-23-1-3-26(4-2-23)36(45)46)35(43-34)22-47-29-12-5-24(6-13-29)25-7-14-30(15-8-25)48-31-16-9-27(10-17-31)37(40,41)42/h1-12,14-19,21,29H,13,20,22H2,(H,45,46). The molecule has 1 aliphatic carbocycles. The second-order valence-electron chi connectivity index (χ2n) is 11.0. The number of carboxylic acid groups (broad SMARTS) is 1. The first-order valence-electron chi connectivity index (χ1n) is 14.8. The van der Waals surface area contributed by atoms with Crippen molar-refractivity contribution in [2.75, 3.05) is 0 Å². The second kappa shape index (κ2) is 14.1. The molecule has 0 radical (unpaired) electrons. The highest BCUT2D eigenvalue weighted by Crippen LogP contribution is 2.33. The van der Waals surface area contributed by atoms with Crippen molar-refractivity contribution in [2.24, 2.45) is 0 Å². The van der Waals surface area contributed by atoms with Crippen molar-refractivity contribution in [1.82, 2.24) is 9.55 Å². The van der Waals surface area contributed by atoms with Crippen molar-refractivity contribution >= 4 is 34.7 Å². The van der Waals surface area contributed by atoms with Crippen molar-refractivity contribution in [3.63, 3.8) is 0 Å². The minimum absolute atomic E-state index is 0.196. The zero-order valence-corrected chi connectivity index (χ0v) is 26.6. The molecule has 1 N–H and O–H groups in total. The van der Waals surface area contributed by atoms with Crippen LogP contribution in [0, 0.1) is 0 Å². The maximum atomic E-state index is 12.8. The van der Waals surface area contributed by atoms with E-state index in [1.165, 1.54) is 12.1 Å². The van der Waals surface area contributed by atoms with E-state index < -0.39 is 17.7 Å². The average Bonchev–Trinajstić information content (AvgIpc) is 3.46. The van der Waals surface area contributed by atoms with Crippen LogP contribution in [0.2, 0.25) is 10.0 Å². The highest BCUT2D eigenvalue weighted by atomic mass is 35.5. The first-order valence-corrected chi connectivity index (χ1v) is 15.6. The molecule has 0 bridgehead atoms. The van der Waals surface area contributed by atoms with E-state index in [-0.39, 0.29) is 18.3 Å². The van der Waals surface area contributed by atoms with Crippen LogP contribution >= 0.6 is 23.2 Å². The predicted molar refractivity (Wildman–Crippen MR) is 178 cm³/mol. The van der Waals surface area contributed by atoms with Crippen LogP contribution in [0.5, 0.6) is 11.5 Å². The number of halogens is 5. The van der Waals surface area contributed by atoms with Crippen LogP contribution in [-0.2, 0) is 24.1 Å². The Morgan fingerprint density at radius 3 is 2.23 bits per heavy atom. The van der Waals surface area contributed by atoms with Crippen LogP contribution < -0.4 is 4.74 Å². The molecule has 244 valence electrons. The van der Waals surface area contributed by atoms with Gasteiger partial charge in [-0.3, -0.25) is 0 Å². The molecule has 0 amide bonds. The number of imidazole rings is 1.